The second-order valence-corrected chi connectivity index (χ2v) is 6.97. The summed E-state index contributed by atoms with van der Waals surface area (Å²) in [6.07, 6.45) is 0. The Hall–Kier alpha value is -0.960. The van der Waals surface area contributed by atoms with E-state index in [-0.39, 0.29) is 22.6 Å². The Morgan fingerprint density at radius 2 is 1.84 bits per heavy atom. The maximum atomic E-state index is 12.0. The van der Waals surface area contributed by atoms with E-state index in [1.165, 1.54) is 4.90 Å². The highest BCUT2D eigenvalue weighted by Crippen LogP contribution is 2.40. The zero-order valence-corrected chi connectivity index (χ0v) is 13.3. The molecule has 3 heteroatoms. The van der Waals surface area contributed by atoms with Gasteiger partial charge in [0, 0.05) is 10.1 Å². The van der Waals surface area contributed by atoms with Crippen LogP contribution < -0.4 is 0 Å². The SMILES string of the molecule is CCOC(=O)[C@H](C)[C@@H](Sc1ccccc1)C(C)(C)C. The normalized spacial score (nSPS) is 14.8. The topological polar surface area (TPSA) is 26.3 Å². The lowest BCUT2D eigenvalue weighted by Gasteiger charge is -2.33. The van der Waals surface area contributed by atoms with Gasteiger partial charge in [0.2, 0.25) is 0 Å². The van der Waals surface area contributed by atoms with E-state index in [2.05, 4.69) is 32.9 Å². The number of hydrogen-bond donors (Lipinski definition) is 0. The molecule has 1 rings (SSSR count). The average molecular weight is 280 g/mol. The molecule has 0 fully saturated rings. The largest absolute Gasteiger partial charge is 0.466 e. The molecule has 0 bridgehead atoms. The van der Waals surface area contributed by atoms with E-state index in [9.17, 15) is 4.79 Å². The van der Waals surface area contributed by atoms with Gasteiger partial charge in [-0.2, -0.15) is 0 Å². The highest BCUT2D eigenvalue weighted by atomic mass is 32.2. The monoisotopic (exact) mass is 280 g/mol. The molecule has 0 N–H and O–H groups in total. The summed E-state index contributed by atoms with van der Waals surface area (Å²) < 4.78 is 5.17. The van der Waals surface area contributed by atoms with Gasteiger partial charge in [-0.25, -0.2) is 0 Å². The van der Waals surface area contributed by atoms with Crippen LogP contribution in [0, 0.1) is 11.3 Å². The Kier molecular flexibility index (Phi) is 5.92. The number of carbonyl (C=O) groups is 1. The molecular weight excluding hydrogens is 256 g/mol. The summed E-state index contributed by atoms with van der Waals surface area (Å²) in [5.41, 5.74) is 0.0344. The van der Waals surface area contributed by atoms with Crippen LogP contribution in [0.25, 0.3) is 0 Å². The predicted octanol–water partition coefficient (Wildman–Crippen LogP) is 4.39. The highest BCUT2D eigenvalue weighted by Gasteiger charge is 2.35. The van der Waals surface area contributed by atoms with E-state index in [0.29, 0.717) is 6.61 Å². The van der Waals surface area contributed by atoms with E-state index < -0.39 is 0 Å². The Morgan fingerprint density at radius 1 is 1.26 bits per heavy atom. The zero-order valence-electron chi connectivity index (χ0n) is 12.5. The van der Waals surface area contributed by atoms with Crippen molar-refractivity contribution < 1.29 is 9.53 Å². The summed E-state index contributed by atoms with van der Waals surface area (Å²) in [6.45, 7) is 10.8. The number of benzene rings is 1. The van der Waals surface area contributed by atoms with Gasteiger partial charge in [-0.1, -0.05) is 45.9 Å². The van der Waals surface area contributed by atoms with Crippen LogP contribution in [0.4, 0.5) is 0 Å². The van der Waals surface area contributed by atoms with Crippen molar-refractivity contribution in [3.63, 3.8) is 0 Å². The number of rotatable bonds is 5. The first-order valence-electron chi connectivity index (χ1n) is 6.74. The van der Waals surface area contributed by atoms with E-state index in [1.54, 1.807) is 11.8 Å². The molecule has 2 nitrogen and oxygen atoms in total. The van der Waals surface area contributed by atoms with Crippen LogP contribution in [0.15, 0.2) is 35.2 Å². The first kappa shape index (κ1) is 16.1. The maximum Gasteiger partial charge on any atom is 0.309 e. The molecule has 106 valence electrons. The van der Waals surface area contributed by atoms with Gasteiger partial charge < -0.3 is 4.74 Å². The quantitative estimate of drug-likeness (QED) is 0.591. The molecule has 0 aliphatic rings. The van der Waals surface area contributed by atoms with Crippen molar-refractivity contribution in [3.05, 3.63) is 30.3 Å². The molecule has 2 atom stereocenters. The molecule has 0 aromatic heterocycles. The van der Waals surface area contributed by atoms with Gasteiger partial charge >= 0.3 is 5.97 Å². The van der Waals surface area contributed by atoms with Crippen LogP contribution in [-0.4, -0.2) is 17.8 Å². The standard InChI is InChI=1S/C16H24O2S/c1-6-18-15(17)12(2)14(16(3,4)5)19-13-10-8-7-9-11-13/h7-12,14H,6H2,1-5H3/t12-,14-/m1/s1. The molecule has 0 spiro atoms. The van der Waals surface area contributed by atoms with Crippen LogP contribution >= 0.6 is 11.8 Å². The maximum absolute atomic E-state index is 12.0. The summed E-state index contributed by atoms with van der Waals surface area (Å²) in [5, 5.41) is 0.189. The van der Waals surface area contributed by atoms with E-state index >= 15 is 0 Å². The molecule has 0 radical (unpaired) electrons. The number of carbonyl (C=O) groups excluding carboxylic acids is 1. The molecule has 0 saturated carbocycles. The van der Waals surface area contributed by atoms with E-state index in [4.69, 9.17) is 4.74 Å². The van der Waals surface area contributed by atoms with E-state index in [0.717, 1.165) is 0 Å². The number of ether oxygens (including phenoxy) is 1. The molecule has 1 aromatic rings. The van der Waals surface area contributed by atoms with Crippen molar-refractivity contribution in [3.8, 4) is 0 Å². The van der Waals surface area contributed by atoms with Crippen LogP contribution in [0.1, 0.15) is 34.6 Å². The molecule has 0 aliphatic heterocycles. The fourth-order valence-corrected chi connectivity index (χ4v) is 3.35. The first-order valence-corrected chi connectivity index (χ1v) is 7.62. The van der Waals surface area contributed by atoms with Crippen molar-refractivity contribution in [2.45, 2.75) is 44.8 Å². The number of esters is 1. The highest BCUT2D eigenvalue weighted by molar-refractivity contribution is 8.00. The van der Waals surface area contributed by atoms with Gasteiger partial charge in [0.05, 0.1) is 12.5 Å². The molecule has 0 unspecified atom stereocenters. The van der Waals surface area contributed by atoms with Gasteiger partial charge in [0.1, 0.15) is 0 Å². The summed E-state index contributed by atoms with van der Waals surface area (Å²) in [4.78, 5) is 13.2. The van der Waals surface area contributed by atoms with E-state index in [1.807, 2.05) is 32.0 Å². The third kappa shape index (κ3) is 4.90. The fourth-order valence-electron chi connectivity index (χ4n) is 2.07. The lowest BCUT2D eigenvalue weighted by atomic mass is 9.84. The van der Waals surface area contributed by atoms with Crippen molar-refractivity contribution >= 4 is 17.7 Å². The Morgan fingerprint density at radius 3 is 2.32 bits per heavy atom. The minimum atomic E-state index is -0.120. The fraction of sp³-hybridized carbons (Fsp3) is 0.562. The van der Waals surface area contributed by atoms with Gasteiger partial charge in [-0.15, -0.1) is 11.8 Å². The molecule has 0 saturated heterocycles. The van der Waals surface area contributed by atoms with Gasteiger partial charge in [-0.05, 0) is 24.5 Å². The third-order valence-electron chi connectivity index (χ3n) is 2.97. The molecule has 1 aromatic carbocycles. The Balaban J connectivity index is 2.87. The van der Waals surface area contributed by atoms with Crippen molar-refractivity contribution in [2.75, 3.05) is 6.61 Å². The van der Waals surface area contributed by atoms with Crippen molar-refractivity contribution in [2.24, 2.45) is 11.3 Å². The molecule has 19 heavy (non-hydrogen) atoms. The number of hydrogen-bond acceptors (Lipinski definition) is 3. The molecule has 0 aliphatic carbocycles. The molecule has 0 amide bonds. The predicted molar refractivity (Wildman–Crippen MR) is 81.3 cm³/mol. The van der Waals surface area contributed by atoms with Crippen LogP contribution in [0.2, 0.25) is 0 Å². The Bertz CT molecular complexity index is 395. The lowest BCUT2D eigenvalue weighted by Crippen LogP contribution is -2.35. The van der Waals surface area contributed by atoms with Crippen LogP contribution in [-0.2, 0) is 9.53 Å². The summed E-state index contributed by atoms with van der Waals surface area (Å²) in [6, 6.07) is 10.2. The van der Waals surface area contributed by atoms with Crippen molar-refractivity contribution in [1.29, 1.82) is 0 Å². The van der Waals surface area contributed by atoms with Crippen molar-refractivity contribution in [1.82, 2.24) is 0 Å². The lowest BCUT2D eigenvalue weighted by molar-refractivity contribution is -0.148. The third-order valence-corrected chi connectivity index (χ3v) is 4.89. The minimum absolute atomic E-state index is 0.0344. The number of thioether (sulfide) groups is 1. The zero-order chi connectivity index (χ0) is 14.5. The molecular formula is C16H24O2S. The second-order valence-electron chi connectivity index (χ2n) is 5.76. The average Bonchev–Trinajstić information content (AvgIpc) is 2.35. The summed E-state index contributed by atoms with van der Waals surface area (Å²) >= 11 is 1.76. The van der Waals surface area contributed by atoms with Gasteiger partial charge in [0.15, 0.2) is 0 Å². The smallest absolute Gasteiger partial charge is 0.309 e. The van der Waals surface area contributed by atoms with Crippen LogP contribution in [0.3, 0.4) is 0 Å². The second kappa shape index (κ2) is 6.99. The summed E-state index contributed by atoms with van der Waals surface area (Å²) in [5.74, 6) is -0.226. The minimum Gasteiger partial charge on any atom is -0.466 e. The van der Waals surface area contributed by atoms with Crippen LogP contribution in [0.5, 0.6) is 0 Å². The van der Waals surface area contributed by atoms with Gasteiger partial charge in [0.25, 0.3) is 0 Å². The first-order chi connectivity index (χ1) is 8.86. The molecule has 0 heterocycles. The summed E-state index contributed by atoms with van der Waals surface area (Å²) in [7, 11) is 0. The Labute approximate surface area is 120 Å². The van der Waals surface area contributed by atoms with Gasteiger partial charge in [-0.3, -0.25) is 4.79 Å².